The summed E-state index contributed by atoms with van der Waals surface area (Å²) in [6, 6.07) is 6.04. The summed E-state index contributed by atoms with van der Waals surface area (Å²) >= 11 is 1.46. The molecule has 0 saturated carbocycles. The van der Waals surface area contributed by atoms with Crippen LogP contribution in [0.1, 0.15) is 33.2 Å². The van der Waals surface area contributed by atoms with E-state index in [1.807, 2.05) is 18.7 Å². The van der Waals surface area contributed by atoms with Crippen molar-refractivity contribution in [2.75, 3.05) is 19.7 Å². The molecule has 1 fully saturated rings. The first-order valence-electron chi connectivity index (χ1n) is 8.14. The molecule has 24 heavy (non-hydrogen) atoms. The highest BCUT2D eigenvalue weighted by Crippen LogP contribution is 2.24. The van der Waals surface area contributed by atoms with Crippen molar-refractivity contribution < 1.29 is 13.9 Å². The molecule has 1 aromatic carbocycles. The molecule has 0 bridgehead atoms. The van der Waals surface area contributed by atoms with Crippen LogP contribution in [0, 0.1) is 25.6 Å². The zero-order valence-corrected chi connectivity index (χ0v) is 14.7. The maximum atomic E-state index is 12.9. The van der Waals surface area contributed by atoms with E-state index < -0.39 is 0 Å². The number of hydrogen-bond donors (Lipinski definition) is 0. The molecule has 2 heterocycles. The molecular formula is C18H21FN2O2S. The first-order valence-corrected chi connectivity index (χ1v) is 8.96. The molecular weight excluding hydrogens is 327 g/mol. The lowest BCUT2D eigenvalue weighted by molar-refractivity contribution is 0.0637. The molecule has 4 nitrogen and oxygen atoms in total. The van der Waals surface area contributed by atoms with Gasteiger partial charge < -0.3 is 9.64 Å². The van der Waals surface area contributed by atoms with Gasteiger partial charge in [0.1, 0.15) is 16.4 Å². The third kappa shape index (κ3) is 3.93. The van der Waals surface area contributed by atoms with Gasteiger partial charge in [0.25, 0.3) is 5.91 Å². The van der Waals surface area contributed by atoms with Crippen LogP contribution in [0.3, 0.4) is 0 Å². The summed E-state index contributed by atoms with van der Waals surface area (Å²) in [5, 5.41) is 0.920. The Kier molecular flexibility index (Phi) is 5.14. The number of hydrogen-bond acceptors (Lipinski definition) is 4. The van der Waals surface area contributed by atoms with E-state index in [4.69, 9.17) is 4.74 Å². The molecule has 0 N–H and O–H groups in total. The van der Waals surface area contributed by atoms with E-state index in [9.17, 15) is 9.18 Å². The van der Waals surface area contributed by atoms with Crippen molar-refractivity contribution in [2.24, 2.45) is 5.92 Å². The van der Waals surface area contributed by atoms with Crippen LogP contribution >= 0.6 is 11.3 Å². The van der Waals surface area contributed by atoms with Crippen LogP contribution in [-0.2, 0) is 0 Å². The number of piperidine rings is 1. The average Bonchev–Trinajstić information content (AvgIpc) is 2.92. The second-order valence-corrected chi connectivity index (χ2v) is 7.37. The summed E-state index contributed by atoms with van der Waals surface area (Å²) in [5.41, 5.74) is 0.812. The Morgan fingerprint density at radius 2 is 2.12 bits per heavy atom. The van der Waals surface area contributed by atoms with Crippen LogP contribution < -0.4 is 4.74 Å². The maximum Gasteiger partial charge on any atom is 0.265 e. The van der Waals surface area contributed by atoms with E-state index in [0.29, 0.717) is 24.8 Å². The highest BCUT2D eigenvalue weighted by molar-refractivity contribution is 7.13. The molecule has 1 atom stereocenters. The number of nitrogens with zero attached hydrogens (tertiary/aromatic N) is 2. The van der Waals surface area contributed by atoms with E-state index in [-0.39, 0.29) is 11.7 Å². The van der Waals surface area contributed by atoms with Gasteiger partial charge in [-0.2, -0.15) is 0 Å². The predicted octanol–water partition coefficient (Wildman–Crippen LogP) is 3.83. The fourth-order valence-corrected chi connectivity index (χ4v) is 3.89. The molecule has 128 valence electrons. The number of rotatable bonds is 4. The third-order valence-electron chi connectivity index (χ3n) is 4.20. The Morgan fingerprint density at radius 1 is 1.38 bits per heavy atom. The van der Waals surface area contributed by atoms with Gasteiger partial charge in [0.2, 0.25) is 0 Å². The Morgan fingerprint density at radius 3 is 2.79 bits per heavy atom. The van der Waals surface area contributed by atoms with Gasteiger partial charge in [-0.1, -0.05) is 0 Å². The first-order chi connectivity index (χ1) is 11.5. The lowest BCUT2D eigenvalue weighted by Crippen LogP contribution is -2.41. The molecule has 1 saturated heterocycles. The van der Waals surface area contributed by atoms with Crippen LogP contribution in [0.25, 0.3) is 0 Å². The van der Waals surface area contributed by atoms with Crippen molar-refractivity contribution in [1.29, 1.82) is 0 Å². The van der Waals surface area contributed by atoms with E-state index in [0.717, 1.165) is 35.0 Å². The highest BCUT2D eigenvalue weighted by atomic mass is 32.1. The summed E-state index contributed by atoms with van der Waals surface area (Å²) in [5.74, 6) is 0.757. The lowest BCUT2D eigenvalue weighted by atomic mass is 9.98. The standard InChI is InChI=1S/C18H21FN2O2S/c1-12-17(24-13(2)20-12)18(22)21-9-3-4-14(10-21)11-23-16-7-5-15(19)6-8-16/h5-8,14H,3-4,9-11H2,1-2H3/t14-/m1/s1. The van der Waals surface area contributed by atoms with Crippen LogP contribution in [-0.4, -0.2) is 35.5 Å². The lowest BCUT2D eigenvalue weighted by Gasteiger charge is -2.32. The van der Waals surface area contributed by atoms with Gasteiger partial charge in [0.05, 0.1) is 17.3 Å². The number of benzene rings is 1. The number of halogens is 1. The van der Waals surface area contributed by atoms with E-state index in [2.05, 4.69) is 4.98 Å². The molecule has 2 aromatic rings. The second-order valence-electron chi connectivity index (χ2n) is 6.17. The van der Waals surface area contributed by atoms with Crippen LogP contribution in [0.15, 0.2) is 24.3 Å². The Labute approximate surface area is 145 Å². The van der Waals surface area contributed by atoms with Gasteiger partial charge in [-0.3, -0.25) is 4.79 Å². The Balaban J connectivity index is 1.58. The minimum absolute atomic E-state index is 0.0737. The highest BCUT2D eigenvalue weighted by Gasteiger charge is 2.27. The minimum atomic E-state index is -0.271. The zero-order chi connectivity index (χ0) is 17.1. The van der Waals surface area contributed by atoms with Gasteiger partial charge in [-0.05, 0) is 51.0 Å². The van der Waals surface area contributed by atoms with E-state index in [1.54, 1.807) is 12.1 Å². The normalized spacial score (nSPS) is 17.8. The third-order valence-corrected chi connectivity index (χ3v) is 5.26. The van der Waals surface area contributed by atoms with Crippen molar-refractivity contribution in [1.82, 2.24) is 9.88 Å². The van der Waals surface area contributed by atoms with Gasteiger partial charge in [-0.25, -0.2) is 9.37 Å². The van der Waals surface area contributed by atoms with Crippen LogP contribution in [0.2, 0.25) is 0 Å². The molecule has 0 spiro atoms. The van der Waals surface area contributed by atoms with Crippen LogP contribution in [0.4, 0.5) is 4.39 Å². The fraction of sp³-hybridized carbons (Fsp3) is 0.444. The molecule has 3 rings (SSSR count). The van der Waals surface area contributed by atoms with Gasteiger partial charge in [0.15, 0.2) is 0 Å². The maximum absolute atomic E-state index is 12.9. The summed E-state index contributed by atoms with van der Waals surface area (Å²) in [6.07, 6.45) is 2.01. The smallest absolute Gasteiger partial charge is 0.265 e. The number of carbonyl (C=O) groups is 1. The predicted molar refractivity (Wildman–Crippen MR) is 92.1 cm³/mol. The van der Waals surface area contributed by atoms with Gasteiger partial charge in [0, 0.05) is 19.0 Å². The molecule has 1 aliphatic rings. The van der Waals surface area contributed by atoms with Gasteiger partial charge in [-0.15, -0.1) is 11.3 Å². The fourth-order valence-electron chi connectivity index (χ4n) is 3.00. The number of thiazole rings is 1. The average molecular weight is 348 g/mol. The number of likely N-dealkylation sites (tertiary alicyclic amines) is 1. The molecule has 1 aromatic heterocycles. The van der Waals surface area contributed by atoms with Crippen molar-refractivity contribution in [3.8, 4) is 5.75 Å². The summed E-state index contributed by atoms with van der Waals surface area (Å²) in [4.78, 5) is 19.7. The molecule has 0 aliphatic carbocycles. The molecule has 6 heteroatoms. The van der Waals surface area contributed by atoms with Crippen molar-refractivity contribution >= 4 is 17.2 Å². The van der Waals surface area contributed by atoms with E-state index in [1.165, 1.54) is 23.5 Å². The monoisotopic (exact) mass is 348 g/mol. The van der Waals surface area contributed by atoms with Crippen LogP contribution in [0.5, 0.6) is 5.75 Å². The number of aromatic nitrogens is 1. The summed E-state index contributed by atoms with van der Waals surface area (Å²) in [7, 11) is 0. The first kappa shape index (κ1) is 16.9. The molecule has 1 amide bonds. The zero-order valence-electron chi connectivity index (χ0n) is 13.9. The van der Waals surface area contributed by atoms with Gasteiger partial charge >= 0.3 is 0 Å². The minimum Gasteiger partial charge on any atom is -0.493 e. The Hall–Kier alpha value is -1.95. The van der Waals surface area contributed by atoms with Crippen molar-refractivity contribution in [3.63, 3.8) is 0 Å². The number of carbonyl (C=O) groups excluding carboxylic acids is 1. The molecule has 1 aliphatic heterocycles. The Bertz CT molecular complexity index is 714. The van der Waals surface area contributed by atoms with E-state index >= 15 is 0 Å². The quantitative estimate of drug-likeness (QED) is 0.843. The summed E-state index contributed by atoms with van der Waals surface area (Å²) < 4.78 is 18.7. The van der Waals surface area contributed by atoms with Crippen molar-refractivity contribution in [3.05, 3.63) is 45.7 Å². The topological polar surface area (TPSA) is 42.4 Å². The van der Waals surface area contributed by atoms with Crippen molar-refractivity contribution in [2.45, 2.75) is 26.7 Å². The number of ether oxygens (including phenoxy) is 1. The summed E-state index contributed by atoms with van der Waals surface area (Å²) in [6.45, 7) is 5.81. The molecule has 0 radical (unpaired) electrons. The molecule has 0 unspecified atom stereocenters. The SMILES string of the molecule is Cc1nc(C)c(C(=O)N2CCC[C@@H](COc3ccc(F)cc3)C2)s1. The number of amides is 1. The number of aryl methyl sites for hydroxylation is 2. The largest absolute Gasteiger partial charge is 0.493 e. The second kappa shape index (κ2) is 7.30.